The number of hydrogen-bond acceptors (Lipinski definition) is 5. The van der Waals surface area contributed by atoms with Crippen LogP contribution in [0, 0.1) is 5.82 Å². The summed E-state index contributed by atoms with van der Waals surface area (Å²) in [7, 11) is -0.618. The normalized spacial score (nSPS) is 23.4. The van der Waals surface area contributed by atoms with Gasteiger partial charge in [0.2, 0.25) is 0 Å². The second kappa shape index (κ2) is 7.47. The number of rotatable bonds is 3. The zero-order chi connectivity index (χ0) is 21.6. The summed E-state index contributed by atoms with van der Waals surface area (Å²) in [6.45, 7) is 14.7. The van der Waals surface area contributed by atoms with Crippen LogP contribution in [-0.4, -0.2) is 49.1 Å². The van der Waals surface area contributed by atoms with Crippen molar-refractivity contribution >= 4 is 24.4 Å². The van der Waals surface area contributed by atoms with E-state index in [1.54, 1.807) is 0 Å². The van der Waals surface area contributed by atoms with Gasteiger partial charge in [0, 0.05) is 18.8 Å². The second-order valence-electron chi connectivity index (χ2n) is 9.91. The number of carbonyl (C=O) groups excluding carboxylic acids is 1. The van der Waals surface area contributed by atoms with Crippen LogP contribution in [0.25, 0.3) is 0 Å². The Morgan fingerprint density at radius 1 is 1.21 bits per heavy atom. The van der Waals surface area contributed by atoms with Gasteiger partial charge in [-0.25, -0.2) is 9.18 Å². The lowest BCUT2D eigenvalue weighted by Crippen LogP contribution is -2.41. The summed E-state index contributed by atoms with van der Waals surface area (Å²) in [4.78, 5) is 14.1. The van der Waals surface area contributed by atoms with Crippen LogP contribution in [0.2, 0.25) is 0 Å². The van der Waals surface area contributed by atoms with E-state index in [1.807, 2.05) is 54.5 Å². The zero-order valence-electron chi connectivity index (χ0n) is 18.5. The summed E-state index contributed by atoms with van der Waals surface area (Å²) in [5.41, 5.74) is -0.103. The molecule has 1 unspecified atom stereocenters. The lowest BCUT2D eigenvalue weighted by molar-refractivity contribution is 0.00578. The minimum Gasteiger partial charge on any atom is -0.444 e. The third-order valence-electron chi connectivity index (χ3n) is 5.70. The van der Waals surface area contributed by atoms with E-state index >= 15 is 0 Å². The Morgan fingerprint density at radius 3 is 2.41 bits per heavy atom. The molecule has 1 aromatic rings. The summed E-state index contributed by atoms with van der Waals surface area (Å²) in [5.74, 6) is -0.337. The number of amides is 1. The molecule has 29 heavy (non-hydrogen) atoms. The van der Waals surface area contributed by atoms with Crippen LogP contribution in [0.15, 0.2) is 18.2 Å². The van der Waals surface area contributed by atoms with Crippen LogP contribution in [0.3, 0.4) is 0 Å². The minimum atomic E-state index is -0.618. The molecule has 0 aliphatic carbocycles. The number of anilines is 1. The van der Waals surface area contributed by atoms with Gasteiger partial charge in [0.1, 0.15) is 11.4 Å². The van der Waals surface area contributed by atoms with Gasteiger partial charge in [0.25, 0.3) is 0 Å². The van der Waals surface area contributed by atoms with Crippen molar-refractivity contribution in [1.29, 1.82) is 0 Å². The van der Waals surface area contributed by atoms with Crippen molar-refractivity contribution in [2.75, 3.05) is 18.0 Å². The maximum Gasteiger partial charge on any atom is 0.495 e. The Hall–Kier alpha value is -1.80. The van der Waals surface area contributed by atoms with Crippen molar-refractivity contribution in [2.24, 2.45) is 0 Å². The van der Waals surface area contributed by atoms with Gasteiger partial charge in [-0.05, 0) is 78.5 Å². The predicted molar refractivity (Wildman–Crippen MR) is 112 cm³/mol. The fraction of sp³-hybridized carbons (Fsp3) is 0.667. The Bertz CT molecular complexity index is 762. The van der Waals surface area contributed by atoms with Crippen molar-refractivity contribution < 1.29 is 23.2 Å². The van der Waals surface area contributed by atoms with Crippen LogP contribution in [0.4, 0.5) is 14.9 Å². The number of alkyl carbamates (subject to hydrolysis) is 1. The fourth-order valence-electron chi connectivity index (χ4n) is 3.48. The molecule has 2 saturated heterocycles. The molecule has 0 spiro atoms. The Labute approximate surface area is 173 Å². The standard InChI is InChI=1S/C21H32BFN2O4/c1-19(2,3)27-18(26)24-16-8-9-25(13-16)17-11-14(10-15(23)12-17)22-28-20(4,5)21(6,7)29-22/h10-12,16H,8-9,13H2,1-7H3,(H,24,26). The molecule has 2 aliphatic heterocycles. The number of carbonyl (C=O) groups is 1. The maximum atomic E-state index is 14.4. The summed E-state index contributed by atoms with van der Waals surface area (Å²) in [6.07, 6.45) is 0.336. The summed E-state index contributed by atoms with van der Waals surface area (Å²) in [6, 6.07) is 4.82. The van der Waals surface area contributed by atoms with Crippen molar-refractivity contribution in [3.63, 3.8) is 0 Å². The molecule has 160 valence electrons. The molecule has 1 N–H and O–H groups in total. The van der Waals surface area contributed by atoms with E-state index in [4.69, 9.17) is 14.0 Å². The highest BCUT2D eigenvalue weighted by Crippen LogP contribution is 2.36. The van der Waals surface area contributed by atoms with Gasteiger partial charge in [0.05, 0.1) is 17.2 Å². The van der Waals surface area contributed by atoms with E-state index in [2.05, 4.69) is 10.2 Å². The number of nitrogens with zero attached hydrogens (tertiary/aromatic N) is 1. The molecule has 2 fully saturated rings. The molecule has 2 aliphatic rings. The Balaban J connectivity index is 1.69. The lowest BCUT2D eigenvalue weighted by atomic mass is 9.79. The van der Waals surface area contributed by atoms with Crippen molar-refractivity contribution in [3.05, 3.63) is 24.0 Å². The molecule has 2 heterocycles. The van der Waals surface area contributed by atoms with Crippen LogP contribution in [0.5, 0.6) is 0 Å². The van der Waals surface area contributed by atoms with E-state index in [0.29, 0.717) is 18.6 Å². The van der Waals surface area contributed by atoms with E-state index in [1.165, 1.54) is 12.1 Å². The quantitative estimate of drug-likeness (QED) is 0.782. The number of nitrogens with one attached hydrogen (secondary N) is 1. The monoisotopic (exact) mass is 406 g/mol. The van der Waals surface area contributed by atoms with E-state index < -0.39 is 30.0 Å². The third-order valence-corrected chi connectivity index (χ3v) is 5.70. The maximum absolute atomic E-state index is 14.4. The van der Waals surface area contributed by atoms with Crippen molar-refractivity contribution in [3.8, 4) is 0 Å². The number of halogens is 1. The van der Waals surface area contributed by atoms with E-state index in [-0.39, 0.29) is 11.9 Å². The smallest absolute Gasteiger partial charge is 0.444 e. The van der Waals surface area contributed by atoms with Gasteiger partial charge in [-0.2, -0.15) is 0 Å². The van der Waals surface area contributed by atoms with E-state index in [0.717, 1.165) is 12.1 Å². The highest BCUT2D eigenvalue weighted by Gasteiger charge is 2.51. The molecule has 3 rings (SSSR count). The summed E-state index contributed by atoms with van der Waals surface area (Å²) in [5, 5.41) is 2.90. The van der Waals surface area contributed by atoms with Gasteiger partial charge in [-0.1, -0.05) is 0 Å². The first-order valence-corrected chi connectivity index (χ1v) is 10.2. The van der Waals surface area contributed by atoms with Gasteiger partial charge >= 0.3 is 13.2 Å². The molecule has 6 nitrogen and oxygen atoms in total. The average Bonchev–Trinajstić information content (AvgIpc) is 3.07. The Morgan fingerprint density at radius 2 is 1.83 bits per heavy atom. The third kappa shape index (κ3) is 5.04. The first-order valence-electron chi connectivity index (χ1n) is 10.2. The molecular formula is C21H32BFN2O4. The van der Waals surface area contributed by atoms with Gasteiger partial charge in [0.15, 0.2) is 0 Å². The SMILES string of the molecule is CC(C)(C)OC(=O)NC1CCN(c2cc(F)cc(B3OC(C)(C)C(C)(C)O3)c2)C1. The molecule has 1 amide bonds. The number of benzene rings is 1. The number of ether oxygens (including phenoxy) is 1. The van der Waals surface area contributed by atoms with Crippen molar-refractivity contribution in [2.45, 2.75) is 77.7 Å². The average molecular weight is 406 g/mol. The number of hydrogen-bond donors (Lipinski definition) is 1. The fourth-order valence-corrected chi connectivity index (χ4v) is 3.48. The summed E-state index contributed by atoms with van der Waals surface area (Å²) >= 11 is 0. The molecule has 0 bridgehead atoms. The van der Waals surface area contributed by atoms with Crippen LogP contribution in [-0.2, 0) is 14.0 Å². The second-order valence-corrected chi connectivity index (χ2v) is 9.91. The van der Waals surface area contributed by atoms with Crippen LogP contribution in [0.1, 0.15) is 54.9 Å². The molecule has 1 atom stereocenters. The first-order chi connectivity index (χ1) is 13.3. The van der Waals surface area contributed by atoms with Crippen LogP contribution >= 0.6 is 0 Å². The van der Waals surface area contributed by atoms with Gasteiger partial charge < -0.3 is 24.3 Å². The molecule has 0 radical (unpaired) electrons. The highest BCUT2D eigenvalue weighted by atomic mass is 19.1. The van der Waals surface area contributed by atoms with Gasteiger partial charge in [-0.15, -0.1) is 0 Å². The van der Waals surface area contributed by atoms with Gasteiger partial charge in [-0.3, -0.25) is 0 Å². The zero-order valence-corrected chi connectivity index (χ0v) is 18.5. The summed E-state index contributed by atoms with van der Waals surface area (Å²) < 4.78 is 31.8. The molecule has 0 saturated carbocycles. The molecule has 8 heteroatoms. The first kappa shape index (κ1) is 21.9. The molecule has 0 aromatic heterocycles. The van der Waals surface area contributed by atoms with E-state index in [9.17, 15) is 9.18 Å². The molecular weight excluding hydrogens is 374 g/mol. The van der Waals surface area contributed by atoms with Crippen LogP contribution < -0.4 is 15.7 Å². The molecule has 1 aromatic carbocycles. The Kier molecular flexibility index (Phi) is 5.64. The topological polar surface area (TPSA) is 60.0 Å². The van der Waals surface area contributed by atoms with Crippen molar-refractivity contribution in [1.82, 2.24) is 5.32 Å². The lowest BCUT2D eigenvalue weighted by Gasteiger charge is -2.32. The predicted octanol–water partition coefficient (Wildman–Crippen LogP) is 3.23. The largest absolute Gasteiger partial charge is 0.495 e. The minimum absolute atomic E-state index is 0.0478. The highest BCUT2D eigenvalue weighted by molar-refractivity contribution is 6.62.